The van der Waals surface area contributed by atoms with Crippen LogP contribution in [-0.4, -0.2) is 22.6 Å². The summed E-state index contributed by atoms with van der Waals surface area (Å²) in [6.45, 7) is 2.35. The molecule has 0 aromatic carbocycles. The topological polar surface area (TPSA) is 83.8 Å². The number of thiophene rings is 1. The van der Waals surface area contributed by atoms with Crippen molar-refractivity contribution in [2.24, 2.45) is 0 Å². The van der Waals surface area contributed by atoms with Crippen LogP contribution in [-0.2, 0) is 6.42 Å². The number of hydrogen-bond acceptors (Lipinski definition) is 4. The van der Waals surface area contributed by atoms with E-state index in [1.54, 1.807) is 18.3 Å². The fourth-order valence-electron chi connectivity index (χ4n) is 1.61. The molecular weight excluding hydrogens is 316 g/mol. The van der Waals surface area contributed by atoms with E-state index in [-0.39, 0.29) is 11.7 Å². The summed E-state index contributed by atoms with van der Waals surface area (Å²) in [5.41, 5.74) is 6.74. The number of aromatic nitrogens is 2. The highest BCUT2D eigenvalue weighted by Crippen LogP contribution is 2.22. The number of carbonyl (C=O) groups excluding carboxylic acids is 1. The maximum Gasteiger partial charge on any atom is 0.256 e. The molecule has 2 aromatic rings. The fraction of sp³-hybridized carbons (Fsp3) is 0.273. The second-order valence-electron chi connectivity index (χ2n) is 3.82. The molecule has 4 N–H and O–H groups in total. The minimum Gasteiger partial charge on any atom is -0.382 e. The smallest absolute Gasteiger partial charge is 0.256 e. The molecule has 0 fully saturated rings. The molecule has 2 rings (SSSR count). The highest BCUT2D eigenvalue weighted by Gasteiger charge is 2.15. The van der Waals surface area contributed by atoms with Crippen LogP contribution < -0.4 is 11.1 Å². The van der Waals surface area contributed by atoms with Crippen molar-refractivity contribution in [3.05, 3.63) is 32.1 Å². The average molecular weight is 329 g/mol. The zero-order chi connectivity index (χ0) is 13.1. The van der Waals surface area contributed by atoms with Crippen LogP contribution in [0.15, 0.2) is 15.9 Å². The summed E-state index contributed by atoms with van der Waals surface area (Å²) >= 11 is 5.07. The first-order chi connectivity index (χ1) is 8.58. The van der Waals surface area contributed by atoms with E-state index < -0.39 is 0 Å². The number of nitrogens with one attached hydrogen (secondary N) is 2. The van der Waals surface area contributed by atoms with Crippen molar-refractivity contribution in [2.75, 3.05) is 12.3 Å². The van der Waals surface area contributed by atoms with E-state index in [2.05, 4.69) is 31.4 Å². The standard InChI is InChI=1S/C11H13BrN4OS/c1-6-9(10(13)16-15-6)11(17)14-5-4-7-2-3-8(12)18-7/h2-3H,4-5H2,1H3,(H,14,17)(H3,13,15,16). The Labute approximate surface area is 117 Å². The summed E-state index contributed by atoms with van der Waals surface area (Å²) in [6.07, 6.45) is 0.804. The number of nitrogens with two attached hydrogens (primary N) is 1. The van der Waals surface area contributed by atoms with Gasteiger partial charge in [-0.25, -0.2) is 0 Å². The zero-order valence-electron chi connectivity index (χ0n) is 9.79. The highest BCUT2D eigenvalue weighted by atomic mass is 79.9. The van der Waals surface area contributed by atoms with Crippen LogP contribution in [0.1, 0.15) is 20.9 Å². The molecule has 0 saturated heterocycles. The number of H-pyrrole nitrogens is 1. The van der Waals surface area contributed by atoms with Crippen molar-refractivity contribution < 1.29 is 4.79 Å². The van der Waals surface area contributed by atoms with Crippen LogP contribution in [0.4, 0.5) is 5.82 Å². The van der Waals surface area contributed by atoms with Crippen LogP contribution in [0.3, 0.4) is 0 Å². The van der Waals surface area contributed by atoms with Gasteiger partial charge in [0.05, 0.1) is 3.79 Å². The van der Waals surface area contributed by atoms with Crippen molar-refractivity contribution in [2.45, 2.75) is 13.3 Å². The van der Waals surface area contributed by atoms with Crippen molar-refractivity contribution >= 4 is 39.0 Å². The van der Waals surface area contributed by atoms with E-state index >= 15 is 0 Å². The molecule has 1 amide bonds. The number of amides is 1. The van der Waals surface area contributed by atoms with Crippen LogP contribution in [0.2, 0.25) is 0 Å². The number of carbonyl (C=O) groups is 1. The lowest BCUT2D eigenvalue weighted by molar-refractivity contribution is 0.0954. The Morgan fingerprint density at radius 1 is 1.61 bits per heavy atom. The summed E-state index contributed by atoms with van der Waals surface area (Å²) < 4.78 is 1.10. The molecule has 0 unspecified atom stereocenters. The van der Waals surface area contributed by atoms with Gasteiger partial charge in [-0.3, -0.25) is 9.89 Å². The van der Waals surface area contributed by atoms with Crippen molar-refractivity contribution in [3.63, 3.8) is 0 Å². The second kappa shape index (κ2) is 5.53. The number of aryl methyl sites for hydroxylation is 1. The number of halogens is 1. The third-order valence-electron chi connectivity index (χ3n) is 2.49. The lowest BCUT2D eigenvalue weighted by Gasteiger charge is -2.03. The fourth-order valence-corrected chi connectivity index (χ4v) is 3.09. The summed E-state index contributed by atoms with van der Waals surface area (Å²) in [5.74, 6) is 0.0539. The summed E-state index contributed by atoms with van der Waals surface area (Å²) in [7, 11) is 0. The molecule has 5 nitrogen and oxygen atoms in total. The lowest BCUT2D eigenvalue weighted by Crippen LogP contribution is -2.26. The van der Waals surface area contributed by atoms with Gasteiger partial charge in [0, 0.05) is 17.1 Å². The molecule has 0 saturated carbocycles. The molecule has 0 atom stereocenters. The number of aromatic amines is 1. The minimum atomic E-state index is -0.186. The Bertz CT molecular complexity index is 544. The molecule has 96 valence electrons. The molecule has 7 heteroatoms. The normalized spacial score (nSPS) is 10.6. The van der Waals surface area contributed by atoms with Gasteiger partial charge in [0.25, 0.3) is 5.91 Å². The van der Waals surface area contributed by atoms with Crippen LogP contribution in [0.25, 0.3) is 0 Å². The van der Waals surface area contributed by atoms with Crippen molar-refractivity contribution in [1.29, 1.82) is 0 Å². The SMILES string of the molecule is Cc1[nH]nc(N)c1C(=O)NCCc1ccc(Br)s1. The van der Waals surface area contributed by atoms with Gasteiger partial charge in [0.2, 0.25) is 0 Å². The monoisotopic (exact) mass is 328 g/mol. The maximum absolute atomic E-state index is 11.9. The largest absolute Gasteiger partial charge is 0.382 e. The van der Waals surface area contributed by atoms with Gasteiger partial charge in [-0.15, -0.1) is 11.3 Å². The Kier molecular flexibility index (Phi) is 4.03. The summed E-state index contributed by atoms with van der Waals surface area (Å²) in [6, 6.07) is 4.04. The maximum atomic E-state index is 11.9. The molecule has 18 heavy (non-hydrogen) atoms. The van der Waals surface area contributed by atoms with E-state index in [1.165, 1.54) is 4.88 Å². The number of rotatable bonds is 4. The highest BCUT2D eigenvalue weighted by molar-refractivity contribution is 9.11. The van der Waals surface area contributed by atoms with E-state index in [9.17, 15) is 4.79 Å². The Morgan fingerprint density at radius 3 is 2.94 bits per heavy atom. The molecule has 0 spiro atoms. The van der Waals surface area contributed by atoms with Gasteiger partial charge in [-0.1, -0.05) is 0 Å². The Hall–Kier alpha value is -1.34. The number of hydrogen-bond donors (Lipinski definition) is 3. The first kappa shape index (κ1) is 13.1. The summed E-state index contributed by atoms with van der Waals surface area (Å²) in [4.78, 5) is 13.1. The van der Waals surface area contributed by atoms with E-state index in [4.69, 9.17) is 5.73 Å². The predicted octanol–water partition coefficient (Wildman–Crippen LogP) is 2.10. The third-order valence-corrected chi connectivity index (χ3v) is 4.17. The molecular formula is C11H13BrN4OS. The van der Waals surface area contributed by atoms with E-state index in [1.807, 2.05) is 12.1 Å². The molecule has 2 aromatic heterocycles. The molecule has 0 aliphatic rings. The molecule has 0 bridgehead atoms. The van der Waals surface area contributed by atoms with Gasteiger partial charge < -0.3 is 11.1 Å². The van der Waals surface area contributed by atoms with Gasteiger partial charge in [0.1, 0.15) is 5.56 Å². The molecule has 2 heterocycles. The van der Waals surface area contributed by atoms with Gasteiger partial charge in [-0.2, -0.15) is 5.10 Å². The van der Waals surface area contributed by atoms with Crippen LogP contribution in [0, 0.1) is 6.92 Å². The quantitative estimate of drug-likeness (QED) is 0.803. The van der Waals surface area contributed by atoms with Gasteiger partial charge in [0.15, 0.2) is 5.82 Å². The third kappa shape index (κ3) is 2.91. The van der Waals surface area contributed by atoms with Crippen molar-refractivity contribution in [1.82, 2.24) is 15.5 Å². The second-order valence-corrected chi connectivity index (χ2v) is 6.37. The van der Waals surface area contributed by atoms with Crippen LogP contribution >= 0.6 is 27.3 Å². The molecule has 0 radical (unpaired) electrons. The van der Waals surface area contributed by atoms with Crippen LogP contribution in [0.5, 0.6) is 0 Å². The number of nitrogens with zero attached hydrogens (tertiary/aromatic N) is 1. The molecule has 0 aliphatic carbocycles. The predicted molar refractivity (Wildman–Crippen MR) is 75.8 cm³/mol. The summed E-state index contributed by atoms with van der Waals surface area (Å²) in [5, 5.41) is 9.32. The minimum absolute atomic E-state index is 0.186. The average Bonchev–Trinajstić information content (AvgIpc) is 2.86. The number of anilines is 1. The first-order valence-electron chi connectivity index (χ1n) is 5.41. The zero-order valence-corrected chi connectivity index (χ0v) is 12.2. The lowest BCUT2D eigenvalue weighted by atomic mass is 10.2. The van der Waals surface area contributed by atoms with E-state index in [0.717, 1.165) is 10.2 Å². The number of nitrogen functional groups attached to an aromatic ring is 1. The van der Waals surface area contributed by atoms with Gasteiger partial charge >= 0.3 is 0 Å². The first-order valence-corrected chi connectivity index (χ1v) is 7.01. The van der Waals surface area contributed by atoms with E-state index in [0.29, 0.717) is 17.8 Å². The van der Waals surface area contributed by atoms with Gasteiger partial charge in [-0.05, 0) is 41.4 Å². The molecule has 0 aliphatic heterocycles. The Morgan fingerprint density at radius 2 is 2.39 bits per heavy atom. The Balaban J connectivity index is 1.89. The van der Waals surface area contributed by atoms with Crippen molar-refractivity contribution in [3.8, 4) is 0 Å².